The first-order valence-electron chi connectivity index (χ1n) is 6.79. The largest absolute Gasteiger partial charge is 0.329 e. The van der Waals surface area contributed by atoms with E-state index >= 15 is 0 Å². The average molecular weight is 232 g/mol. The van der Waals surface area contributed by atoms with E-state index in [4.69, 9.17) is 5.73 Å². The van der Waals surface area contributed by atoms with Gasteiger partial charge >= 0.3 is 0 Å². The van der Waals surface area contributed by atoms with Crippen LogP contribution in [0.2, 0.25) is 0 Å². The zero-order valence-corrected chi connectivity index (χ0v) is 10.9. The molecule has 0 radical (unpaired) electrons. The number of aryl methyl sites for hydroxylation is 1. The molecule has 1 fully saturated rings. The van der Waals surface area contributed by atoms with E-state index in [1.807, 2.05) is 0 Å². The van der Waals surface area contributed by atoms with Gasteiger partial charge in [-0.2, -0.15) is 0 Å². The Kier molecular flexibility index (Phi) is 4.57. The van der Waals surface area contributed by atoms with Crippen LogP contribution in [0, 0.1) is 6.92 Å². The Morgan fingerprint density at radius 2 is 2.00 bits per heavy atom. The lowest BCUT2D eigenvalue weighted by atomic mass is 10.0. The van der Waals surface area contributed by atoms with Crippen LogP contribution < -0.4 is 5.73 Å². The predicted octanol–water partition coefficient (Wildman–Crippen LogP) is 2.35. The molecule has 0 bridgehead atoms. The van der Waals surface area contributed by atoms with Crippen LogP contribution in [-0.4, -0.2) is 30.6 Å². The molecule has 0 aliphatic carbocycles. The zero-order chi connectivity index (χ0) is 12.1. The Bertz CT molecular complexity index is 331. The number of piperidine rings is 1. The molecule has 2 nitrogen and oxygen atoms in total. The molecular weight excluding hydrogens is 208 g/mol. The molecule has 1 aliphatic heterocycles. The molecular formula is C15H24N2. The van der Waals surface area contributed by atoms with Crippen LogP contribution in [0.4, 0.5) is 0 Å². The van der Waals surface area contributed by atoms with Crippen LogP contribution in [0.25, 0.3) is 0 Å². The smallest absolute Gasteiger partial charge is 0.0218 e. The average Bonchev–Trinajstić information content (AvgIpc) is 2.38. The van der Waals surface area contributed by atoms with Gasteiger partial charge in [-0.15, -0.1) is 0 Å². The molecule has 17 heavy (non-hydrogen) atoms. The highest BCUT2D eigenvalue weighted by Gasteiger charge is 2.20. The summed E-state index contributed by atoms with van der Waals surface area (Å²) in [5, 5.41) is 0. The van der Waals surface area contributed by atoms with Gasteiger partial charge in [-0.25, -0.2) is 0 Å². The van der Waals surface area contributed by atoms with Crippen molar-refractivity contribution in [1.29, 1.82) is 0 Å². The molecule has 0 unspecified atom stereocenters. The number of hydrogen-bond donors (Lipinski definition) is 1. The Morgan fingerprint density at radius 3 is 2.71 bits per heavy atom. The number of benzene rings is 1. The van der Waals surface area contributed by atoms with Gasteiger partial charge in [-0.05, 0) is 38.3 Å². The van der Waals surface area contributed by atoms with Crippen molar-refractivity contribution in [2.45, 2.75) is 38.6 Å². The van der Waals surface area contributed by atoms with Crippen LogP contribution in [0.1, 0.15) is 30.4 Å². The second-order valence-corrected chi connectivity index (χ2v) is 5.16. The fourth-order valence-corrected chi connectivity index (χ4v) is 2.65. The third kappa shape index (κ3) is 3.55. The molecule has 1 atom stereocenters. The van der Waals surface area contributed by atoms with E-state index in [2.05, 4.69) is 36.1 Å². The van der Waals surface area contributed by atoms with E-state index in [1.165, 1.54) is 36.9 Å². The Hall–Kier alpha value is -0.860. The zero-order valence-electron chi connectivity index (χ0n) is 10.9. The minimum Gasteiger partial charge on any atom is -0.329 e. The van der Waals surface area contributed by atoms with Gasteiger partial charge in [0.15, 0.2) is 0 Å². The maximum absolute atomic E-state index is 5.84. The van der Waals surface area contributed by atoms with Crippen LogP contribution in [0.5, 0.6) is 0 Å². The van der Waals surface area contributed by atoms with Crippen molar-refractivity contribution in [2.75, 3.05) is 19.6 Å². The molecule has 2 rings (SSSR count). The minimum absolute atomic E-state index is 0.620. The minimum atomic E-state index is 0.620. The molecule has 1 aromatic carbocycles. The van der Waals surface area contributed by atoms with Gasteiger partial charge < -0.3 is 5.73 Å². The highest BCUT2D eigenvalue weighted by molar-refractivity contribution is 5.21. The first kappa shape index (κ1) is 12.6. The Balaban J connectivity index is 1.86. The fourth-order valence-electron chi connectivity index (χ4n) is 2.65. The van der Waals surface area contributed by atoms with Gasteiger partial charge in [0.1, 0.15) is 0 Å². The summed E-state index contributed by atoms with van der Waals surface area (Å²) in [4.78, 5) is 2.57. The van der Waals surface area contributed by atoms with E-state index in [1.54, 1.807) is 0 Å². The van der Waals surface area contributed by atoms with E-state index in [9.17, 15) is 0 Å². The number of nitrogens with zero attached hydrogens (tertiary/aromatic N) is 1. The number of rotatable bonds is 4. The Morgan fingerprint density at radius 1 is 1.24 bits per heavy atom. The molecule has 2 N–H and O–H groups in total. The predicted molar refractivity (Wildman–Crippen MR) is 73.1 cm³/mol. The van der Waals surface area contributed by atoms with Gasteiger partial charge in [0.2, 0.25) is 0 Å². The summed E-state index contributed by atoms with van der Waals surface area (Å²) < 4.78 is 0. The van der Waals surface area contributed by atoms with E-state index in [0.717, 1.165) is 19.5 Å². The standard InChI is InChI=1S/C15H24N2/c1-13-5-7-14(8-6-13)9-11-17-10-3-2-4-15(17)12-16/h5-8,15H,2-4,9-12,16H2,1H3/t15-/m0/s1. The maximum Gasteiger partial charge on any atom is 0.0218 e. The van der Waals surface area contributed by atoms with Crippen molar-refractivity contribution in [3.63, 3.8) is 0 Å². The van der Waals surface area contributed by atoms with Crippen molar-refractivity contribution in [3.05, 3.63) is 35.4 Å². The van der Waals surface area contributed by atoms with E-state index in [-0.39, 0.29) is 0 Å². The van der Waals surface area contributed by atoms with Crippen LogP contribution in [0.15, 0.2) is 24.3 Å². The fraction of sp³-hybridized carbons (Fsp3) is 0.600. The molecule has 1 heterocycles. The first-order valence-corrected chi connectivity index (χ1v) is 6.79. The molecule has 1 aliphatic rings. The molecule has 0 aromatic heterocycles. The summed E-state index contributed by atoms with van der Waals surface area (Å²) >= 11 is 0. The summed E-state index contributed by atoms with van der Waals surface area (Å²) in [6, 6.07) is 9.51. The second kappa shape index (κ2) is 6.18. The normalized spacial score (nSPS) is 21.6. The van der Waals surface area contributed by atoms with E-state index in [0.29, 0.717) is 6.04 Å². The van der Waals surface area contributed by atoms with Crippen molar-refractivity contribution in [2.24, 2.45) is 5.73 Å². The van der Waals surface area contributed by atoms with Gasteiger partial charge in [0.25, 0.3) is 0 Å². The second-order valence-electron chi connectivity index (χ2n) is 5.16. The lowest BCUT2D eigenvalue weighted by molar-refractivity contribution is 0.155. The SMILES string of the molecule is Cc1ccc(CCN2CCCC[C@H]2CN)cc1. The lowest BCUT2D eigenvalue weighted by Crippen LogP contribution is -2.44. The molecule has 0 spiro atoms. The van der Waals surface area contributed by atoms with Crippen LogP contribution in [0.3, 0.4) is 0 Å². The monoisotopic (exact) mass is 232 g/mol. The van der Waals surface area contributed by atoms with Crippen LogP contribution in [-0.2, 0) is 6.42 Å². The van der Waals surface area contributed by atoms with Crippen molar-refractivity contribution >= 4 is 0 Å². The van der Waals surface area contributed by atoms with Crippen molar-refractivity contribution in [1.82, 2.24) is 4.90 Å². The number of hydrogen-bond acceptors (Lipinski definition) is 2. The first-order chi connectivity index (χ1) is 8.29. The van der Waals surface area contributed by atoms with Crippen LogP contribution >= 0.6 is 0 Å². The molecule has 1 saturated heterocycles. The van der Waals surface area contributed by atoms with Gasteiger partial charge in [-0.3, -0.25) is 4.90 Å². The number of nitrogens with two attached hydrogens (primary N) is 1. The van der Waals surface area contributed by atoms with Crippen molar-refractivity contribution in [3.8, 4) is 0 Å². The summed E-state index contributed by atoms with van der Waals surface area (Å²) in [6.45, 7) is 5.34. The Labute approximate surface area is 105 Å². The van der Waals surface area contributed by atoms with Gasteiger partial charge in [0, 0.05) is 19.1 Å². The molecule has 94 valence electrons. The third-order valence-corrected chi connectivity index (χ3v) is 3.83. The summed E-state index contributed by atoms with van der Waals surface area (Å²) in [6.07, 6.45) is 5.12. The quantitative estimate of drug-likeness (QED) is 0.863. The molecule has 2 heteroatoms. The number of likely N-dealkylation sites (tertiary alicyclic amines) is 1. The maximum atomic E-state index is 5.84. The topological polar surface area (TPSA) is 29.3 Å². The highest BCUT2D eigenvalue weighted by Crippen LogP contribution is 2.16. The van der Waals surface area contributed by atoms with Gasteiger partial charge in [0.05, 0.1) is 0 Å². The highest BCUT2D eigenvalue weighted by atomic mass is 15.2. The summed E-state index contributed by atoms with van der Waals surface area (Å²) in [5.41, 5.74) is 8.62. The summed E-state index contributed by atoms with van der Waals surface area (Å²) in [5.74, 6) is 0. The third-order valence-electron chi connectivity index (χ3n) is 3.83. The molecule has 1 aromatic rings. The summed E-state index contributed by atoms with van der Waals surface area (Å²) in [7, 11) is 0. The van der Waals surface area contributed by atoms with E-state index < -0.39 is 0 Å². The van der Waals surface area contributed by atoms with Gasteiger partial charge in [-0.1, -0.05) is 36.2 Å². The molecule has 0 amide bonds. The van der Waals surface area contributed by atoms with Crippen molar-refractivity contribution < 1.29 is 0 Å². The molecule has 0 saturated carbocycles. The lowest BCUT2D eigenvalue weighted by Gasteiger charge is -2.35.